The fraction of sp³-hybridized carbons (Fsp3) is 0.385. The van der Waals surface area contributed by atoms with E-state index in [0.29, 0.717) is 6.61 Å². The summed E-state index contributed by atoms with van der Waals surface area (Å²) in [6.07, 6.45) is 0.834. The third-order valence-corrected chi connectivity index (χ3v) is 3.88. The third-order valence-electron chi connectivity index (χ3n) is 2.92. The standard InChI is InChI=1S/C13H17NOS/c1-13(14,7-8-15-2)11-5-3-4-10-6-9-16-12(10)11/h3-6,9H,7-8,14H2,1-2H3. The van der Waals surface area contributed by atoms with Gasteiger partial charge in [0.05, 0.1) is 0 Å². The van der Waals surface area contributed by atoms with Gasteiger partial charge in [0.25, 0.3) is 0 Å². The monoisotopic (exact) mass is 235 g/mol. The number of benzene rings is 1. The van der Waals surface area contributed by atoms with E-state index < -0.39 is 0 Å². The molecule has 0 aliphatic rings. The molecule has 1 unspecified atom stereocenters. The molecule has 0 radical (unpaired) electrons. The van der Waals surface area contributed by atoms with Crippen molar-refractivity contribution in [3.8, 4) is 0 Å². The lowest BCUT2D eigenvalue weighted by Crippen LogP contribution is -2.34. The Morgan fingerprint density at radius 2 is 2.19 bits per heavy atom. The van der Waals surface area contributed by atoms with Crippen molar-refractivity contribution in [2.45, 2.75) is 18.9 Å². The molecular formula is C13H17NOS. The molecule has 1 aromatic carbocycles. The predicted molar refractivity (Wildman–Crippen MR) is 69.9 cm³/mol. The van der Waals surface area contributed by atoms with Gasteiger partial charge in [0, 0.05) is 24.0 Å². The molecule has 0 bridgehead atoms. The molecule has 0 aliphatic carbocycles. The van der Waals surface area contributed by atoms with Crippen molar-refractivity contribution >= 4 is 21.4 Å². The third kappa shape index (κ3) is 2.12. The number of thiophene rings is 1. The summed E-state index contributed by atoms with van der Waals surface area (Å²) in [6.45, 7) is 2.76. The van der Waals surface area contributed by atoms with Crippen LogP contribution < -0.4 is 5.73 Å². The van der Waals surface area contributed by atoms with Crippen LogP contribution in [0.5, 0.6) is 0 Å². The van der Waals surface area contributed by atoms with E-state index in [-0.39, 0.29) is 5.54 Å². The molecule has 3 heteroatoms. The summed E-state index contributed by atoms with van der Waals surface area (Å²) in [5.74, 6) is 0. The first-order chi connectivity index (χ1) is 7.65. The van der Waals surface area contributed by atoms with Crippen LogP contribution in [0.25, 0.3) is 10.1 Å². The first-order valence-electron chi connectivity index (χ1n) is 5.40. The summed E-state index contributed by atoms with van der Waals surface area (Å²) in [5.41, 5.74) is 7.28. The summed E-state index contributed by atoms with van der Waals surface area (Å²) in [5, 5.41) is 3.39. The molecule has 0 saturated heterocycles. The van der Waals surface area contributed by atoms with Crippen LogP contribution >= 0.6 is 11.3 Å². The number of hydrogen-bond acceptors (Lipinski definition) is 3. The average molecular weight is 235 g/mol. The van der Waals surface area contributed by atoms with Gasteiger partial charge in [-0.15, -0.1) is 11.3 Å². The maximum Gasteiger partial charge on any atom is 0.0483 e. The molecule has 1 aromatic heterocycles. The van der Waals surface area contributed by atoms with E-state index in [0.717, 1.165) is 6.42 Å². The highest BCUT2D eigenvalue weighted by Crippen LogP contribution is 2.32. The quantitative estimate of drug-likeness (QED) is 0.883. The molecule has 0 saturated carbocycles. The summed E-state index contributed by atoms with van der Waals surface area (Å²) in [6, 6.07) is 8.45. The van der Waals surface area contributed by atoms with Gasteiger partial charge in [-0.1, -0.05) is 18.2 Å². The molecule has 2 N–H and O–H groups in total. The predicted octanol–water partition coefficient (Wildman–Crippen LogP) is 3.11. The molecule has 2 rings (SSSR count). The molecule has 0 spiro atoms. The second-order valence-electron chi connectivity index (χ2n) is 4.30. The van der Waals surface area contributed by atoms with Gasteiger partial charge in [0.2, 0.25) is 0 Å². The van der Waals surface area contributed by atoms with Crippen LogP contribution in [-0.4, -0.2) is 13.7 Å². The first kappa shape index (κ1) is 11.6. The largest absolute Gasteiger partial charge is 0.385 e. The van der Waals surface area contributed by atoms with Gasteiger partial charge in [-0.3, -0.25) is 0 Å². The Kier molecular flexibility index (Phi) is 3.28. The lowest BCUT2D eigenvalue weighted by molar-refractivity contribution is 0.172. The van der Waals surface area contributed by atoms with Gasteiger partial charge in [-0.25, -0.2) is 0 Å². The van der Waals surface area contributed by atoms with Crippen molar-refractivity contribution in [2.24, 2.45) is 5.73 Å². The molecule has 2 nitrogen and oxygen atoms in total. The van der Waals surface area contributed by atoms with Crippen molar-refractivity contribution in [1.82, 2.24) is 0 Å². The topological polar surface area (TPSA) is 35.2 Å². The van der Waals surface area contributed by atoms with E-state index in [1.807, 2.05) is 0 Å². The number of ether oxygens (including phenoxy) is 1. The molecule has 16 heavy (non-hydrogen) atoms. The first-order valence-corrected chi connectivity index (χ1v) is 6.27. The van der Waals surface area contributed by atoms with Gasteiger partial charge in [0.1, 0.15) is 0 Å². The van der Waals surface area contributed by atoms with Crippen LogP contribution in [0, 0.1) is 0 Å². The second kappa shape index (κ2) is 4.53. The number of rotatable bonds is 4. The fourth-order valence-electron chi connectivity index (χ4n) is 1.89. The normalized spacial score (nSPS) is 15.2. The van der Waals surface area contributed by atoms with Crippen molar-refractivity contribution in [1.29, 1.82) is 0 Å². The highest BCUT2D eigenvalue weighted by atomic mass is 32.1. The van der Waals surface area contributed by atoms with Crippen molar-refractivity contribution in [3.05, 3.63) is 35.2 Å². The maximum absolute atomic E-state index is 6.38. The Morgan fingerprint density at radius 3 is 2.94 bits per heavy atom. The van der Waals surface area contributed by atoms with E-state index in [4.69, 9.17) is 10.5 Å². The molecule has 1 atom stereocenters. The van der Waals surface area contributed by atoms with Gasteiger partial charge in [-0.05, 0) is 35.7 Å². The van der Waals surface area contributed by atoms with E-state index >= 15 is 0 Å². The number of methoxy groups -OCH3 is 1. The zero-order valence-electron chi connectivity index (χ0n) is 9.69. The molecule has 1 heterocycles. The minimum atomic E-state index is -0.319. The van der Waals surface area contributed by atoms with Crippen molar-refractivity contribution < 1.29 is 4.74 Å². The number of hydrogen-bond donors (Lipinski definition) is 1. The fourth-order valence-corrected chi connectivity index (χ4v) is 2.94. The van der Waals surface area contributed by atoms with Crippen molar-refractivity contribution in [3.63, 3.8) is 0 Å². The van der Waals surface area contributed by atoms with Crippen LogP contribution in [-0.2, 0) is 10.3 Å². The Balaban J connectivity index is 2.41. The van der Waals surface area contributed by atoms with Gasteiger partial charge < -0.3 is 10.5 Å². The van der Waals surface area contributed by atoms with Crippen LogP contribution in [0.3, 0.4) is 0 Å². The second-order valence-corrected chi connectivity index (χ2v) is 5.22. The average Bonchev–Trinajstić information content (AvgIpc) is 2.73. The SMILES string of the molecule is COCCC(C)(N)c1cccc2ccsc12. The minimum absolute atomic E-state index is 0.319. The summed E-state index contributed by atoms with van der Waals surface area (Å²) in [4.78, 5) is 0. The number of nitrogens with two attached hydrogens (primary N) is 1. The van der Waals surface area contributed by atoms with Crippen LogP contribution in [0.2, 0.25) is 0 Å². The highest BCUT2D eigenvalue weighted by Gasteiger charge is 2.23. The molecule has 0 amide bonds. The Morgan fingerprint density at radius 1 is 1.38 bits per heavy atom. The van der Waals surface area contributed by atoms with Gasteiger partial charge in [-0.2, -0.15) is 0 Å². The number of fused-ring (bicyclic) bond motifs is 1. The molecular weight excluding hydrogens is 218 g/mol. The molecule has 0 fully saturated rings. The maximum atomic E-state index is 6.38. The Bertz CT molecular complexity index is 475. The van der Waals surface area contributed by atoms with Gasteiger partial charge >= 0.3 is 0 Å². The molecule has 0 aliphatic heterocycles. The summed E-state index contributed by atoms with van der Waals surface area (Å²) in [7, 11) is 1.71. The van der Waals surface area contributed by atoms with Crippen LogP contribution in [0.15, 0.2) is 29.6 Å². The van der Waals surface area contributed by atoms with Crippen molar-refractivity contribution in [2.75, 3.05) is 13.7 Å². The Labute approximate surface area is 100 Å². The van der Waals surface area contributed by atoms with Crippen LogP contribution in [0.1, 0.15) is 18.9 Å². The lowest BCUT2D eigenvalue weighted by Gasteiger charge is -2.25. The summed E-state index contributed by atoms with van der Waals surface area (Å²) >= 11 is 1.75. The van der Waals surface area contributed by atoms with E-state index in [1.54, 1.807) is 18.4 Å². The highest BCUT2D eigenvalue weighted by molar-refractivity contribution is 7.17. The zero-order valence-corrected chi connectivity index (χ0v) is 10.5. The van der Waals surface area contributed by atoms with E-state index in [9.17, 15) is 0 Å². The lowest BCUT2D eigenvalue weighted by atomic mass is 9.89. The summed E-state index contributed by atoms with van der Waals surface area (Å²) < 4.78 is 6.41. The van der Waals surface area contributed by atoms with Gasteiger partial charge in [0.15, 0.2) is 0 Å². The van der Waals surface area contributed by atoms with E-state index in [1.165, 1.54) is 15.6 Å². The Hall–Kier alpha value is -0.900. The minimum Gasteiger partial charge on any atom is -0.385 e. The van der Waals surface area contributed by atoms with Crippen LogP contribution in [0.4, 0.5) is 0 Å². The van der Waals surface area contributed by atoms with E-state index in [2.05, 4.69) is 36.6 Å². The molecule has 86 valence electrons. The molecule has 2 aromatic rings. The zero-order chi connectivity index (χ0) is 11.6. The smallest absolute Gasteiger partial charge is 0.0483 e.